The van der Waals surface area contributed by atoms with Gasteiger partial charge in [-0.15, -0.1) is 0 Å². The first-order valence-corrected chi connectivity index (χ1v) is 6.73. The second kappa shape index (κ2) is 6.04. The Labute approximate surface area is 122 Å². The first-order valence-electron chi connectivity index (χ1n) is 6.73. The summed E-state index contributed by atoms with van der Waals surface area (Å²) in [7, 11) is 0. The minimum atomic E-state index is -0.858. The number of piperazine rings is 1. The van der Waals surface area contributed by atoms with Crippen LogP contribution in [-0.2, 0) is 4.79 Å². The van der Waals surface area contributed by atoms with Crippen LogP contribution in [0.3, 0.4) is 0 Å². The van der Waals surface area contributed by atoms with Gasteiger partial charge in [0.25, 0.3) is 0 Å². The average Bonchev–Trinajstić information content (AvgIpc) is 2.46. The van der Waals surface area contributed by atoms with Gasteiger partial charge < -0.3 is 10.0 Å². The van der Waals surface area contributed by atoms with Crippen LogP contribution in [0.4, 0.5) is 11.5 Å². The predicted octanol–water partition coefficient (Wildman–Crippen LogP) is 0.893. The number of aryl methyl sites for hydroxylation is 1. The Bertz CT molecular complexity index is 555. The Morgan fingerprint density at radius 3 is 2.57 bits per heavy atom. The number of anilines is 1. The molecule has 1 N–H and O–H groups in total. The standard InChI is InChI=1S/C13H18N4O4/c1-9-3-4-14-12(11(9)17(20)21)16-7-5-15(6-8-16)10(2)13(18)19/h3-4,10H,5-8H2,1-2H3,(H,18,19). The number of nitro groups is 1. The maximum Gasteiger partial charge on any atom is 0.320 e. The summed E-state index contributed by atoms with van der Waals surface area (Å²) in [5.41, 5.74) is 0.601. The molecule has 0 spiro atoms. The van der Waals surface area contributed by atoms with Gasteiger partial charge in [0.2, 0.25) is 5.82 Å². The molecule has 1 aromatic heterocycles. The van der Waals surface area contributed by atoms with Crippen molar-refractivity contribution in [1.29, 1.82) is 0 Å². The first kappa shape index (κ1) is 15.2. The van der Waals surface area contributed by atoms with Gasteiger partial charge in [-0.1, -0.05) is 0 Å². The topological polar surface area (TPSA) is 99.8 Å². The number of nitrogens with zero attached hydrogens (tertiary/aromatic N) is 4. The Hall–Kier alpha value is -2.22. The summed E-state index contributed by atoms with van der Waals surface area (Å²) in [6, 6.07) is 1.07. The Balaban J connectivity index is 2.15. The minimum Gasteiger partial charge on any atom is -0.480 e. The lowest BCUT2D eigenvalue weighted by Gasteiger charge is -2.36. The van der Waals surface area contributed by atoms with Gasteiger partial charge in [-0.05, 0) is 19.9 Å². The summed E-state index contributed by atoms with van der Waals surface area (Å²) >= 11 is 0. The number of carboxylic acid groups (broad SMARTS) is 1. The molecule has 1 aliphatic heterocycles. The van der Waals surface area contributed by atoms with Crippen molar-refractivity contribution in [3.63, 3.8) is 0 Å². The molecular weight excluding hydrogens is 276 g/mol. The highest BCUT2D eigenvalue weighted by Crippen LogP contribution is 2.29. The number of hydrogen-bond donors (Lipinski definition) is 1. The normalized spacial score (nSPS) is 17.5. The summed E-state index contributed by atoms with van der Waals surface area (Å²) in [6.07, 6.45) is 1.56. The fourth-order valence-corrected chi connectivity index (χ4v) is 2.47. The Morgan fingerprint density at radius 1 is 1.43 bits per heavy atom. The first-order chi connectivity index (χ1) is 9.91. The van der Waals surface area contributed by atoms with Crippen LogP contribution < -0.4 is 4.90 Å². The van der Waals surface area contributed by atoms with Crippen LogP contribution in [0.25, 0.3) is 0 Å². The Kier molecular flexibility index (Phi) is 4.37. The quantitative estimate of drug-likeness (QED) is 0.650. The van der Waals surface area contributed by atoms with Crippen LogP contribution in [0.15, 0.2) is 12.3 Å². The monoisotopic (exact) mass is 294 g/mol. The minimum absolute atomic E-state index is 0.0252. The van der Waals surface area contributed by atoms with Crippen molar-refractivity contribution in [2.45, 2.75) is 19.9 Å². The van der Waals surface area contributed by atoms with Gasteiger partial charge in [0.1, 0.15) is 6.04 Å². The number of aromatic nitrogens is 1. The SMILES string of the molecule is Cc1ccnc(N2CCN(C(C)C(=O)O)CC2)c1[N+](=O)[O-]. The maximum atomic E-state index is 11.2. The molecule has 1 aromatic rings. The summed E-state index contributed by atoms with van der Waals surface area (Å²) in [5.74, 6) is -0.495. The van der Waals surface area contributed by atoms with E-state index in [2.05, 4.69) is 4.98 Å². The molecular formula is C13H18N4O4. The molecule has 0 aromatic carbocycles. The van der Waals surface area contributed by atoms with Gasteiger partial charge in [-0.2, -0.15) is 0 Å². The molecule has 0 aliphatic carbocycles. The molecule has 1 unspecified atom stereocenters. The van der Waals surface area contributed by atoms with Crippen LogP contribution in [0.2, 0.25) is 0 Å². The van der Waals surface area contributed by atoms with Gasteiger partial charge in [-0.3, -0.25) is 19.8 Å². The number of pyridine rings is 1. The van der Waals surface area contributed by atoms with Crippen molar-refractivity contribution in [2.75, 3.05) is 31.1 Å². The molecule has 1 atom stereocenters. The lowest BCUT2D eigenvalue weighted by Crippen LogP contribution is -2.52. The largest absolute Gasteiger partial charge is 0.480 e. The van der Waals surface area contributed by atoms with Crippen LogP contribution in [0.5, 0.6) is 0 Å². The van der Waals surface area contributed by atoms with Crippen LogP contribution in [0.1, 0.15) is 12.5 Å². The zero-order valence-corrected chi connectivity index (χ0v) is 12.0. The van der Waals surface area contributed by atoms with E-state index in [9.17, 15) is 14.9 Å². The Morgan fingerprint density at radius 2 is 2.05 bits per heavy atom. The van der Waals surface area contributed by atoms with E-state index in [0.29, 0.717) is 37.6 Å². The summed E-state index contributed by atoms with van der Waals surface area (Å²) in [5, 5.41) is 20.2. The lowest BCUT2D eigenvalue weighted by atomic mass is 10.2. The van der Waals surface area contributed by atoms with Crippen molar-refractivity contribution in [3.8, 4) is 0 Å². The molecule has 1 saturated heterocycles. The number of carboxylic acids is 1. The smallest absolute Gasteiger partial charge is 0.320 e. The van der Waals surface area contributed by atoms with E-state index in [1.165, 1.54) is 0 Å². The highest BCUT2D eigenvalue weighted by Gasteiger charge is 2.29. The van der Waals surface area contributed by atoms with Crippen molar-refractivity contribution in [2.24, 2.45) is 0 Å². The van der Waals surface area contributed by atoms with Gasteiger partial charge in [0.15, 0.2) is 0 Å². The second-order valence-electron chi connectivity index (χ2n) is 5.09. The molecule has 0 bridgehead atoms. The molecule has 21 heavy (non-hydrogen) atoms. The summed E-state index contributed by atoms with van der Waals surface area (Å²) in [4.78, 5) is 29.6. The van der Waals surface area contributed by atoms with Crippen LogP contribution >= 0.6 is 0 Å². The van der Waals surface area contributed by atoms with E-state index in [4.69, 9.17) is 5.11 Å². The van der Waals surface area contributed by atoms with Crippen molar-refractivity contribution in [3.05, 3.63) is 27.9 Å². The molecule has 1 aliphatic rings. The fraction of sp³-hybridized carbons (Fsp3) is 0.538. The number of aliphatic carboxylic acids is 1. The average molecular weight is 294 g/mol. The van der Waals surface area contributed by atoms with Crippen molar-refractivity contribution >= 4 is 17.5 Å². The molecule has 0 radical (unpaired) electrons. The van der Waals surface area contributed by atoms with E-state index in [1.807, 2.05) is 9.80 Å². The molecule has 2 rings (SSSR count). The molecule has 2 heterocycles. The fourth-order valence-electron chi connectivity index (χ4n) is 2.47. The predicted molar refractivity (Wildman–Crippen MR) is 76.5 cm³/mol. The van der Waals surface area contributed by atoms with E-state index >= 15 is 0 Å². The van der Waals surface area contributed by atoms with Crippen LogP contribution in [-0.4, -0.2) is 58.1 Å². The molecule has 8 heteroatoms. The number of carbonyl (C=O) groups is 1. The number of rotatable bonds is 4. The molecule has 8 nitrogen and oxygen atoms in total. The van der Waals surface area contributed by atoms with Gasteiger partial charge in [0.05, 0.1) is 4.92 Å². The van der Waals surface area contributed by atoms with Gasteiger partial charge in [0, 0.05) is 37.9 Å². The molecule has 1 fully saturated rings. The zero-order valence-electron chi connectivity index (χ0n) is 12.0. The number of hydrogen-bond acceptors (Lipinski definition) is 6. The third-order valence-corrected chi connectivity index (χ3v) is 3.81. The van der Waals surface area contributed by atoms with Crippen molar-refractivity contribution < 1.29 is 14.8 Å². The highest BCUT2D eigenvalue weighted by molar-refractivity contribution is 5.73. The van der Waals surface area contributed by atoms with E-state index in [1.54, 1.807) is 26.1 Å². The van der Waals surface area contributed by atoms with Gasteiger partial charge >= 0.3 is 11.7 Å². The summed E-state index contributed by atoms with van der Waals surface area (Å²) < 4.78 is 0. The van der Waals surface area contributed by atoms with E-state index < -0.39 is 16.9 Å². The second-order valence-corrected chi connectivity index (χ2v) is 5.09. The summed E-state index contributed by atoms with van der Waals surface area (Å²) in [6.45, 7) is 5.46. The lowest BCUT2D eigenvalue weighted by molar-refractivity contribution is -0.384. The highest BCUT2D eigenvalue weighted by atomic mass is 16.6. The molecule has 114 valence electrons. The maximum absolute atomic E-state index is 11.2. The van der Waals surface area contributed by atoms with Crippen LogP contribution in [0, 0.1) is 17.0 Å². The molecule has 0 saturated carbocycles. The third kappa shape index (κ3) is 3.10. The van der Waals surface area contributed by atoms with Crippen molar-refractivity contribution in [1.82, 2.24) is 9.88 Å². The molecule has 0 amide bonds. The third-order valence-electron chi connectivity index (χ3n) is 3.81. The van der Waals surface area contributed by atoms with E-state index in [0.717, 1.165) is 0 Å². The van der Waals surface area contributed by atoms with Gasteiger partial charge in [-0.25, -0.2) is 4.98 Å². The van der Waals surface area contributed by atoms with E-state index in [-0.39, 0.29) is 5.69 Å². The zero-order chi connectivity index (χ0) is 15.6.